The first-order valence-electron chi connectivity index (χ1n) is 5.55. The number of rotatable bonds is 4. The van der Waals surface area contributed by atoms with Gasteiger partial charge in [-0.25, -0.2) is 4.98 Å². The Hall–Kier alpha value is -2.09. The number of aromatic nitrogens is 1. The van der Waals surface area contributed by atoms with Crippen LogP contribution < -0.4 is 10.2 Å². The summed E-state index contributed by atoms with van der Waals surface area (Å²) in [6, 6.07) is 5.77. The predicted molar refractivity (Wildman–Crippen MR) is 63.4 cm³/mol. The summed E-state index contributed by atoms with van der Waals surface area (Å²) in [5, 5.41) is 11.6. The quantitative estimate of drug-likeness (QED) is 0.825. The van der Waals surface area contributed by atoms with Crippen LogP contribution in [-0.4, -0.2) is 30.5 Å². The van der Waals surface area contributed by atoms with E-state index in [0.717, 1.165) is 18.5 Å². The van der Waals surface area contributed by atoms with E-state index in [9.17, 15) is 4.79 Å². The van der Waals surface area contributed by atoms with Crippen molar-refractivity contribution in [2.24, 2.45) is 0 Å². The van der Waals surface area contributed by atoms with E-state index < -0.39 is 0 Å². The maximum absolute atomic E-state index is 11.6. The van der Waals surface area contributed by atoms with Crippen LogP contribution in [0.15, 0.2) is 18.3 Å². The third-order valence-electron chi connectivity index (χ3n) is 2.63. The predicted octanol–water partition coefficient (Wildman–Crippen LogP) is 0.668. The normalized spacial score (nSPS) is 13.9. The van der Waals surface area contributed by atoms with Crippen LogP contribution in [0.3, 0.4) is 0 Å². The molecular weight excluding hydrogens is 216 g/mol. The maximum Gasteiger partial charge on any atom is 0.239 e. The fraction of sp³-hybridized carbons (Fsp3) is 0.417. The first kappa shape index (κ1) is 11.4. The van der Waals surface area contributed by atoms with Crippen molar-refractivity contribution in [1.29, 1.82) is 5.26 Å². The summed E-state index contributed by atoms with van der Waals surface area (Å²) >= 11 is 0. The molecule has 2 rings (SSSR count). The molecule has 1 fully saturated rings. The van der Waals surface area contributed by atoms with Crippen molar-refractivity contribution in [1.82, 2.24) is 10.3 Å². The van der Waals surface area contributed by atoms with Crippen molar-refractivity contribution in [3.8, 4) is 6.07 Å². The molecule has 1 aromatic heterocycles. The standard InChI is InChI=1S/C12H14N4O/c1-16(8-12(17)15-9-2-3-9)11-5-4-10(6-13)14-7-11/h4-5,7,9H,2-3,8H2,1H3,(H,15,17). The van der Waals surface area contributed by atoms with E-state index in [1.807, 2.05) is 18.0 Å². The minimum atomic E-state index is 0.0272. The lowest BCUT2D eigenvalue weighted by molar-refractivity contribution is -0.119. The number of amides is 1. The van der Waals surface area contributed by atoms with Gasteiger partial charge in [0, 0.05) is 13.1 Å². The second-order valence-electron chi connectivity index (χ2n) is 4.21. The average molecular weight is 230 g/mol. The van der Waals surface area contributed by atoms with Gasteiger partial charge in [0.25, 0.3) is 0 Å². The number of nitrogens with zero attached hydrogens (tertiary/aromatic N) is 3. The first-order chi connectivity index (χ1) is 8.19. The zero-order valence-electron chi connectivity index (χ0n) is 9.68. The highest BCUT2D eigenvalue weighted by Crippen LogP contribution is 2.18. The number of hydrogen-bond donors (Lipinski definition) is 1. The lowest BCUT2D eigenvalue weighted by Gasteiger charge is -2.18. The number of hydrogen-bond acceptors (Lipinski definition) is 4. The molecule has 0 saturated heterocycles. The Balaban J connectivity index is 1.91. The van der Waals surface area contributed by atoms with Gasteiger partial charge in [-0.3, -0.25) is 4.79 Å². The molecule has 1 aliphatic carbocycles. The van der Waals surface area contributed by atoms with E-state index in [1.165, 1.54) is 0 Å². The fourth-order valence-corrected chi connectivity index (χ4v) is 1.49. The smallest absolute Gasteiger partial charge is 0.239 e. The maximum atomic E-state index is 11.6. The molecule has 5 heteroatoms. The molecule has 5 nitrogen and oxygen atoms in total. The molecule has 0 spiro atoms. The Morgan fingerprint density at radius 1 is 1.65 bits per heavy atom. The van der Waals surface area contributed by atoms with Crippen LogP contribution in [0, 0.1) is 11.3 Å². The Bertz CT molecular complexity index is 445. The largest absolute Gasteiger partial charge is 0.364 e. The molecule has 1 N–H and O–H groups in total. The molecular formula is C12H14N4O. The topological polar surface area (TPSA) is 69.0 Å². The zero-order valence-corrected chi connectivity index (χ0v) is 9.68. The highest BCUT2D eigenvalue weighted by molar-refractivity contribution is 5.81. The lowest BCUT2D eigenvalue weighted by Crippen LogP contribution is -2.36. The Morgan fingerprint density at radius 3 is 2.94 bits per heavy atom. The van der Waals surface area contributed by atoms with Gasteiger partial charge in [-0.1, -0.05) is 0 Å². The summed E-state index contributed by atoms with van der Waals surface area (Å²) in [4.78, 5) is 17.4. The van der Waals surface area contributed by atoms with Crippen molar-refractivity contribution in [3.05, 3.63) is 24.0 Å². The van der Waals surface area contributed by atoms with Crippen LogP contribution in [0.25, 0.3) is 0 Å². The third kappa shape index (κ3) is 3.18. The van der Waals surface area contributed by atoms with Crippen molar-refractivity contribution in [3.63, 3.8) is 0 Å². The van der Waals surface area contributed by atoms with Gasteiger partial charge in [-0.2, -0.15) is 5.26 Å². The van der Waals surface area contributed by atoms with Crippen LogP contribution in [0.5, 0.6) is 0 Å². The molecule has 1 aliphatic rings. The van der Waals surface area contributed by atoms with Crippen molar-refractivity contribution in [2.45, 2.75) is 18.9 Å². The second kappa shape index (κ2) is 4.83. The molecule has 1 heterocycles. The summed E-state index contributed by atoms with van der Waals surface area (Å²) in [7, 11) is 1.83. The van der Waals surface area contributed by atoms with Gasteiger partial charge < -0.3 is 10.2 Å². The minimum absolute atomic E-state index is 0.0272. The number of nitriles is 1. The summed E-state index contributed by atoms with van der Waals surface area (Å²) in [6.45, 7) is 0.310. The Kier molecular flexibility index (Phi) is 3.24. The number of nitrogens with one attached hydrogen (secondary N) is 1. The molecule has 0 unspecified atom stereocenters. The average Bonchev–Trinajstić information content (AvgIpc) is 3.12. The molecule has 88 valence electrons. The van der Waals surface area contributed by atoms with Gasteiger partial charge in [-0.15, -0.1) is 0 Å². The Labute approximate surface area is 100 Å². The van der Waals surface area contributed by atoms with Gasteiger partial charge in [0.05, 0.1) is 18.4 Å². The van der Waals surface area contributed by atoms with Gasteiger partial charge in [0.15, 0.2) is 0 Å². The fourth-order valence-electron chi connectivity index (χ4n) is 1.49. The van der Waals surface area contributed by atoms with E-state index in [-0.39, 0.29) is 5.91 Å². The first-order valence-corrected chi connectivity index (χ1v) is 5.55. The van der Waals surface area contributed by atoms with Gasteiger partial charge >= 0.3 is 0 Å². The number of pyridine rings is 1. The monoisotopic (exact) mass is 230 g/mol. The molecule has 0 bridgehead atoms. The Morgan fingerprint density at radius 2 is 2.41 bits per heavy atom. The van der Waals surface area contributed by atoms with Crippen LogP contribution in [-0.2, 0) is 4.79 Å². The van der Waals surface area contributed by atoms with Gasteiger partial charge in [0.1, 0.15) is 11.8 Å². The van der Waals surface area contributed by atoms with Crippen molar-refractivity contribution in [2.75, 3.05) is 18.5 Å². The highest BCUT2D eigenvalue weighted by Gasteiger charge is 2.23. The molecule has 0 aromatic carbocycles. The lowest BCUT2D eigenvalue weighted by atomic mass is 10.3. The van der Waals surface area contributed by atoms with E-state index in [2.05, 4.69) is 10.3 Å². The number of likely N-dealkylation sites (N-methyl/N-ethyl adjacent to an activating group) is 1. The summed E-state index contributed by atoms with van der Waals surface area (Å²) in [5.74, 6) is 0.0272. The van der Waals surface area contributed by atoms with Crippen LogP contribution >= 0.6 is 0 Å². The molecule has 0 atom stereocenters. The molecule has 1 aromatic rings. The SMILES string of the molecule is CN(CC(=O)NC1CC1)c1ccc(C#N)nc1. The number of carbonyl (C=O) groups excluding carboxylic acids is 1. The van der Waals surface area contributed by atoms with Crippen molar-refractivity contribution < 1.29 is 4.79 Å². The van der Waals surface area contributed by atoms with E-state index in [4.69, 9.17) is 5.26 Å². The summed E-state index contributed by atoms with van der Waals surface area (Å²) in [6.07, 6.45) is 3.78. The summed E-state index contributed by atoms with van der Waals surface area (Å²) in [5.41, 5.74) is 1.21. The second-order valence-corrected chi connectivity index (χ2v) is 4.21. The minimum Gasteiger partial charge on any atom is -0.364 e. The number of anilines is 1. The third-order valence-corrected chi connectivity index (χ3v) is 2.63. The van der Waals surface area contributed by atoms with E-state index >= 15 is 0 Å². The van der Waals surface area contributed by atoms with Gasteiger partial charge in [-0.05, 0) is 25.0 Å². The molecule has 0 radical (unpaired) electrons. The van der Waals surface area contributed by atoms with Crippen LogP contribution in [0.4, 0.5) is 5.69 Å². The molecule has 1 saturated carbocycles. The van der Waals surface area contributed by atoms with E-state index in [1.54, 1.807) is 18.3 Å². The van der Waals surface area contributed by atoms with Gasteiger partial charge in [0.2, 0.25) is 5.91 Å². The molecule has 17 heavy (non-hydrogen) atoms. The molecule has 1 amide bonds. The van der Waals surface area contributed by atoms with Crippen LogP contribution in [0.1, 0.15) is 18.5 Å². The summed E-state index contributed by atoms with van der Waals surface area (Å²) < 4.78 is 0. The van der Waals surface area contributed by atoms with E-state index in [0.29, 0.717) is 18.3 Å². The van der Waals surface area contributed by atoms with Crippen molar-refractivity contribution >= 4 is 11.6 Å². The molecule has 0 aliphatic heterocycles. The highest BCUT2D eigenvalue weighted by atomic mass is 16.2. The number of carbonyl (C=O) groups is 1. The van der Waals surface area contributed by atoms with Crippen LogP contribution in [0.2, 0.25) is 0 Å². The zero-order chi connectivity index (χ0) is 12.3.